The Labute approximate surface area is 147 Å². The highest BCUT2D eigenvalue weighted by molar-refractivity contribution is 7.09. The molecular formula is C17H27N3O3S. The molecule has 2 heterocycles. The number of ether oxygens (including phenoxy) is 2. The van der Waals surface area contributed by atoms with E-state index in [-0.39, 0.29) is 18.1 Å². The van der Waals surface area contributed by atoms with Gasteiger partial charge in [0.1, 0.15) is 11.6 Å². The van der Waals surface area contributed by atoms with Crippen LogP contribution >= 0.6 is 11.3 Å². The van der Waals surface area contributed by atoms with E-state index in [2.05, 4.69) is 9.88 Å². The van der Waals surface area contributed by atoms with Gasteiger partial charge in [-0.3, -0.25) is 9.69 Å². The van der Waals surface area contributed by atoms with Gasteiger partial charge >= 0.3 is 0 Å². The first-order valence-corrected chi connectivity index (χ1v) is 9.49. The van der Waals surface area contributed by atoms with E-state index in [1.54, 1.807) is 30.3 Å². The van der Waals surface area contributed by atoms with Crippen molar-refractivity contribution in [3.8, 4) is 0 Å². The van der Waals surface area contributed by atoms with Crippen molar-refractivity contribution >= 4 is 17.2 Å². The molecule has 3 rings (SSSR count). The molecule has 1 aliphatic heterocycles. The zero-order valence-corrected chi connectivity index (χ0v) is 15.4. The summed E-state index contributed by atoms with van der Waals surface area (Å²) in [5.74, 6) is 0.378. The van der Waals surface area contributed by atoms with Crippen molar-refractivity contribution in [3.05, 3.63) is 16.6 Å². The third kappa shape index (κ3) is 4.14. The topological polar surface area (TPSA) is 54.9 Å². The maximum absolute atomic E-state index is 11.7. The van der Waals surface area contributed by atoms with Gasteiger partial charge in [0.25, 0.3) is 0 Å². The fourth-order valence-electron chi connectivity index (χ4n) is 3.70. The number of morpholine rings is 1. The summed E-state index contributed by atoms with van der Waals surface area (Å²) in [4.78, 5) is 20.1. The van der Waals surface area contributed by atoms with Crippen molar-refractivity contribution in [2.75, 3.05) is 47.0 Å². The SMILES string of the molecule is CN(C)C(=O)COC[C@@H]1CCC[C@@]12CN(Cc1nccs1)CCO2. The second kappa shape index (κ2) is 7.91. The summed E-state index contributed by atoms with van der Waals surface area (Å²) in [7, 11) is 3.51. The van der Waals surface area contributed by atoms with Crippen molar-refractivity contribution in [1.29, 1.82) is 0 Å². The first-order chi connectivity index (χ1) is 11.6. The van der Waals surface area contributed by atoms with Crippen LogP contribution < -0.4 is 0 Å². The lowest BCUT2D eigenvalue weighted by molar-refractivity contribution is -0.149. The van der Waals surface area contributed by atoms with Gasteiger partial charge in [0, 0.05) is 44.7 Å². The first kappa shape index (κ1) is 17.8. The number of hydrogen-bond acceptors (Lipinski definition) is 6. The number of rotatable bonds is 6. The molecule has 1 spiro atoms. The summed E-state index contributed by atoms with van der Waals surface area (Å²) in [5.41, 5.74) is -0.114. The van der Waals surface area contributed by atoms with Crippen molar-refractivity contribution in [2.45, 2.75) is 31.4 Å². The van der Waals surface area contributed by atoms with Crippen LogP contribution in [0.25, 0.3) is 0 Å². The quantitative estimate of drug-likeness (QED) is 0.778. The minimum Gasteiger partial charge on any atom is -0.372 e. The fraction of sp³-hybridized carbons (Fsp3) is 0.765. The van der Waals surface area contributed by atoms with E-state index < -0.39 is 0 Å². The fourth-order valence-corrected chi connectivity index (χ4v) is 4.36. The minimum atomic E-state index is -0.114. The normalized spacial score (nSPS) is 27.7. The van der Waals surface area contributed by atoms with Crippen LogP contribution in [0.3, 0.4) is 0 Å². The van der Waals surface area contributed by atoms with Gasteiger partial charge in [-0.2, -0.15) is 0 Å². The highest BCUT2D eigenvalue weighted by Crippen LogP contribution is 2.41. The minimum absolute atomic E-state index is 0.0111. The van der Waals surface area contributed by atoms with Gasteiger partial charge in [-0.05, 0) is 12.8 Å². The number of aromatic nitrogens is 1. The number of nitrogens with zero attached hydrogens (tertiary/aromatic N) is 3. The van der Waals surface area contributed by atoms with E-state index in [0.29, 0.717) is 12.5 Å². The van der Waals surface area contributed by atoms with Gasteiger partial charge in [-0.15, -0.1) is 11.3 Å². The number of carbonyl (C=O) groups is 1. The molecule has 0 unspecified atom stereocenters. The average Bonchev–Trinajstić information content (AvgIpc) is 3.18. The molecule has 134 valence electrons. The molecule has 1 amide bonds. The number of carbonyl (C=O) groups excluding carboxylic acids is 1. The third-order valence-corrected chi connectivity index (χ3v) is 5.83. The van der Waals surface area contributed by atoms with Crippen molar-refractivity contribution in [2.24, 2.45) is 5.92 Å². The summed E-state index contributed by atoms with van der Waals surface area (Å²) in [5, 5.41) is 3.19. The summed E-state index contributed by atoms with van der Waals surface area (Å²) >= 11 is 1.71. The van der Waals surface area contributed by atoms with Gasteiger partial charge in [-0.1, -0.05) is 6.42 Å². The second-order valence-electron chi connectivity index (χ2n) is 6.94. The number of amides is 1. The van der Waals surface area contributed by atoms with Crippen LogP contribution in [0.4, 0.5) is 0 Å². The summed E-state index contributed by atoms with van der Waals surface area (Å²) < 4.78 is 12.0. The Morgan fingerprint density at radius 2 is 2.46 bits per heavy atom. The molecule has 1 saturated carbocycles. The Balaban J connectivity index is 1.55. The molecule has 0 aromatic carbocycles. The molecule has 1 aromatic heterocycles. The van der Waals surface area contributed by atoms with Gasteiger partial charge in [0.05, 0.1) is 25.4 Å². The molecule has 1 aliphatic carbocycles. The Hall–Kier alpha value is -1.02. The molecule has 1 saturated heterocycles. The standard InChI is InChI=1S/C17H27N3O3S/c1-19(2)16(21)12-22-11-14-4-3-5-17(14)13-20(7-8-23-17)10-15-18-6-9-24-15/h6,9,14H,3-5,7-8,10-13H2,1-2H3/t14-,17+/m0/s1. The number of hydrogen-bond donors (Lipinski definition) is 0. The summed E-state index contributed by atoms with van der Waals surface area (Å²) in [6, 6.07) is 0. The lowest BCUT2D eigenvalue weighted by Gasteiger charge is -2.44. The lowest BCUT2D eigenvalue weighted by Crippen LogP contribution is -2.54. The van der Waals surface area contributed by atoms with Gasteiger partial charge in [0.15, 0.2) is 0 Å². The largest absolute Gasteiger partial charge is 0.372 e. The molecule has 0 radical (unpaired) electrons. The predicted octanol–water partition coefficient (Wildman–Crippen LogP) is 1.62. The Morgan fingerprint density at radius 3 is 3.21 bits per heavy atom. The Bertz CT molecular complexity index is 537. The molecular weight excluding hydrogens is 326 g/mol. The van der Waals surface area contributed by atoms with Gasteiger partial charge in [-0.25, -0.2) is 4.98 Å². The maximum Gasteiger partial charge on any atom is 0.248 e. The van der Waals surface area contributed by atoms with E-state index in [0.717, 1.165) is 44.1 Å². The van der Waals surface area contributed by atoms with E-state index in [1.807, 2.05) is 11.6 Å². The van der Waals surface area contributed by atoms with E-state index in [9.17, 15) is 4.79 Å². The van der Waals surface area contributed by atoms with Crippen LogP contribution in [0.2, 0.25) is 0 Å². The maximum atomic E-state index is 11.7. The zero-order chi connectivity index (χ0) is 17.0. The van der Waals surface area contributed by atoms with E-state index in [4.69, 9.17) is 9.47 Å². The van der Waals surface area contributed by atoms with E-state index >= 15 is 0 Å². The van der Waals surface area contributed by atoms with Crippen LogP contribution in [0.1, 0.15) is 24.3 Å². The smallest absolute Gasteiger partial charge is 0.248 e. The Morgan fingerprint density at radius 1 is 1.58 bits per heavy atom. The van der Waals surface area contributed by atoms with Crippen LogP contribution in [0.5, 0.6) is 0 Å². The molecule has 2 atom stereocenters. The molecule has 2 fully saturated rings. The highest BCUT2D eigenvalue weighted by atomic mass is 32.1. The van der Waals surface area contributed by atoms with Gasteiger partial charge < -0.3 is 14.4 Å². The lowest BCUT2D eigenvalue weighted by atomic mass is 9.89. The van der Waals surface area contributed by atoms with Crippen LogP contribution in [-0.2, 0) is 20.8 Å². The number of likely N-dealkylation sites (N-methyl/N-ethyl adjacent to an activating group) is 1. The monoisotopic (exact) mass is 353 g/mol. The molecule has 7 heteroatoms. The van der Waals surface area contributed by atoms with Crippen LogP contribution in [0, 0.1) is 5.92 Å². The van der Waals surface area contributed by atoms with Crippen LogP contribution in [0.15, 0.2) is 11.6 Å². The molecule has 1 aromatic rings. The second-order valence-corrected chi connectivity index (χ2v) is 7.92. The van der Waals surface area contributed by atoms with E-state index in [1.165, 1.54) is 6.42 Å². The molecule has 2 aliphatic rings. The van der Waals surface area contributed by atoms with Crippen molar-refractivity contribution < 1.29 is 14.3 Å². The highest BCUT2D eigenvalue weighted by Gasteiger charge is 2.47. The molecule has 6 nitrogen and oxygen atoms in total. The van der Waals surface area contributed by atoms with Crippen LogP contribution in [-0.4, -0.2) is 73.3 Å². The number of thiazole rings is 1. The third-order valence-electron chi connectivity index (χ3n) is 5.07. The van der Waals surface area contributed by atoms with Gasteiger partial charge in [0.2, 0.25) is 5.91 Å². The Kier molecular flexibility index (Phi) is 5.86. The first-order valence-electron chi connectivity index (χ1n) is 8.62. The molecule has 0 bridgehead atoms. The molecule has 24 heavy (non-hydrogen) atoms. The average molecular weight is 353 g/mol. The predicted molar refractivity (Wildman–Crippen MR) is 92.9 cm³/mol. The van der Waals surface area contributed by atoms with Crippen molar-refractivity contribution in [1.82, 2.24) is 14.8 Å². The zero-order valence-electron chi connectivity index (χ0n) is 14.6. The summed E-state index contributed by atoms with van der Waals surface area (Å²) in [6.07, 6.45) is 5.23. The molecule has 0 N–H and O–H groups in total. The summed E-state index contributed by atoms with van der Waals surface area (Å²) in [6.45, 7) is 4.30. The van der Waals surface area contributed by atoms with Crippen molar-refractivity contribution in [3.63, 3.8) is 0 Å².